The van der Waals surface area contributed by atoms with Crippen LogP contribution < -0.4 is 4.74 Å². The van der Waals surface area contributed by atoms with E-state index in [2.05, 4.69) is 15.0 Å². The molecule has 5 rings (SSSR count). The molecular formula is C26H26N4O3S. The first-order chi connectivity index (χ1) is 16.6. The predicted molar refractivity (Wildman–Crippen MR) is 130 cm³/mol. The van der Waals surface area contributed by atoms with Crippen molar-refractivity contribution in [2.24, 2.45) is 0 Å². The molecule has 1 aliphatic heterocycles. The van der Waals surface area contributed by atoms with E-state index in [0.29, 0.717) is 23.7 Å². The number of benzene rings is 1. The van der Waals surface area contributed by atoms with Gasteiger partial charge in [0.1, 0.15) is 27.4 Å². The van der Waals surface area contributed by atoms with Crippen LogP contribution in [0.25, 0.3) is 10.7 Å². The van der Waals surface area contributed by atoms with E-state index < -0.39 is 0 Å². The number of carbonyl (C=O) groups excluding carboxylic acids is 1. The zero-order chi connectivity index (χ0) is 23.5. The third-order valence-corrected chi connectivity index (χ3v) is 7.18. The molecule has 0 radical (unpaired) electrons. The summed E-state index contributed by atoms with van der Waals surface area (Å²) in [6.45, 7) is 2.56. The molecule has 3 aromatic heterocycles. The maximum atomic E-state index is 13.6. The molecule has 0 spiro atoms. The number of aryl methyl sites for hydroxylation is 1. The molecule has 34 heavy (non-hydrogen) atoms. The topological polar surface area (TPSA) is 81.4 Å². The minimum absolute atomic E-state index is 0.0190. The predicted octanol–water partition coefficient (Wildman–Crippen LogP) is 5.47. The highest BCUT2D eigenvalue weighted by Gasteiger charge is 2.34. The Morgan fingerprint density at radius 3 is 2.94 bits per heavy atom. The normalized spacial score (nSPS) is 15.9. The number of likely N-dealkylation sites (tertiary alicyclic amines) is 1. The number of hydrogen-bond donors (Lipinski definition) is 0. The van der Waals surface area contributed by atoms with E-state index in [1.54, 1.807) is 19.5 Å². The van der Waals surface area contributed by atoms with Gasteiger partial charge in [-0.05, 0) is 56.0 Å². The van der Waals surface area contributed by atoms with Crippen LogP contribution in [0.3, 0.4) is 0 Å². The largest absolute Gasteiger partial charge is 0.497 e. The third-order valence-electron chi connectivity index (χ3n) is 6.01. The Morgan fingerprint density at radius 2 is 2.12 bits per heavy atom. The molecule has 7 nitrogen and oxygen atoms in total. The summed E-state index contributed by atoms with van der Waals surface area (Å²) in [6, 6.07) is 13.4. The molecule has 1 unspecified atom stereocenters. The van der Waals surface area contributed by atoms with Gasteiger partial charge < -0.3 is 14.1 Å². The molecule has 4 aromatic rings. The zero-order valence-electron chi connectivity index (χ0n) is 19.2. The molecule has 1 aromatic carbocycles. The second-order valence-corrected chi connectivity index (χ2v) is 9.35. The van der Waals surface area contributed by atoms with Crippen molar-refractivity contribution < 1.29 is 13.9 Å². The molecule has 174 valence electrons. The third kappa shape index (κ3) is 4.59. The number of piperidine rings is 1. The molecule has 1 fully saturated rings. The summed E-state index contributed by atoms with van der Waals surface area (Å²) in [5, 5.41) is 0.756. The minimum atomic E-state index is -0.180. The Kier molecular flexibility index (Phi) is 6.40. The Bertz CT molecular complexity index is 1280. The number of methoxy groups -OCH3 is 1. The van der Waals surface area contributed by atoms with Gasteiger partial charge in [0.25, 0.3) is 5.91 Å². The van der Waals surface area contributed by atoms with E-state index in [-0.39, 0.29) is 11.9 Å². The number of carbonyl (C=O) groups is 1. The van der Waals surface area contributed by atoms with Crippen molar-refractivity contribution in [2.75, 3.05) is 13.7 Å². The highest BCUT2D eigenvalue weighted by Crippen LogP contribution is 2.35. The summed E-state index contributed by atoms with van der Waals surface area (Å²) >= 11 is 1.39. The quantitative estimate of drug-likeness (QED) is 0.369. The van der Waals surface area contributed by atoms with Crippen molar-refractivity contribution in [3.05, 3.63) is 82.6 Å². The summed E-state index contributed by atoms with van der Waals surface area (Å²) in [7, 11) is 1.66. The first-order valence-corrected chi connectivity index (χ1v) is 12.2. The van der Waals surface area contributed by atoms with Crippen molar-refractivity contribution in [3.8, 4) is 16.5 Å². The monoisotopic (exact) mass is 474 g/mol. The van der Waals surface area contributed by atoms with Crippen LogP contribution in [0.2, 0.25) is 0 Å². The lowest BCUT2D eigenvalue weighted by Crippen LogP contribution is -2.38. The first-order valence-electron chi connectivity index (χ1n) is 11.4. The zero-order valence-corrected chi connectivity index (χ0v) is 20.0. The van der Waals surface area contributed by atoms with Crippen molar-refractivity contribution in [2.45, 2.75) is 38.6 Å². The number of aromatic nitrogens is 3. The highest BCUT2D eigenvalue weighted by molar-refractivity contribution is 7.17. The van der Waals surface area contributed by atoms with Gasteiger partial charge in [0.2, 0.25) is 5.89 Å². The van der Waals surface area contributed by atoms with Gasteiger partial charge in [0.15, 0.2) is 0 Å². The molecule has 0 bridgehead atoms. The summed E-state index contributed by atoms with van der Waals surface area (Å²) in [4.78, 5) is 29.7. The van der Waals surface area contributed by atoms with E-state index in [0.717, 1.165) is 52.7 Å². The molecule has 1 aliphatic rings. The van der Waals surface area contributed by atoms with Crippen LogP contribution in [0.4, 0.5) is 0 Å². The standard InChI is InChI=1S/C26H26N4O3S/c1-17-23(34-25(29-17)21-10-3-5-12-27-21)26(31)30-13-6-4-11-22(30)24-28-16-20(33-24)15-18-8-7-9-19(14-18)32-2/h3,5,7-10,12,14,16,22H,4,6,11,13,15H2,1-2H3. The molecule has 8 heteroatoms. The SMILES string of the molecule is COc1cccc(Cc2cnc(C3CCCCN3C(=O)c3sc(-c4ccccn4)nc3C)o2)c1. The Labute approximate surface area is 202 Å². The van der Waals surface area contributed by atoms with Crippen LogP contribution >= 0.6 is 11.3 Å². The van der Waals surface area contributed by atoms with E-state index in [1.807, 2.05) is 54.3 Å². The molecule has 0 N–H and O–H groups in total. The lowest BCUT2D eigenvalue weighted by Gasteiger charge is -2.33. The van der Waals surface area contributed by atoms with Crippen LogP contribution in [0, 0.1) is 6.92 Å². The maximum Gasteiger partial charge on any atom is 0.266 e. The second kappa shape index (κ2) is 9.77. The van der Waals surface area contributed by atoms with Crippen LogP contribution in [-0.2, 0) is 6.42 Å². The molecule has 0 saturated carbocycles. The van der Waals surface area contributed by atoms with Crippen LogP contribution in [0.1, 0.15) is 57.9 Å². The molecule has 1 atom stereocenters. The van der Waals surface area contributed by atoms with E-state index in [4.69, 9.17) is 9.15 Å². The summed E-state index contributed by atoms with van der Waals surface area (Å²) < 4.78 is 11.5. The van der Waals surface area contributed by atoms with E-state index >= 15 is 0 Å². The van der Waals surface area contributed by atoms with Gasteiger partial charge in [-0.25, -0.2) is 9.97 Å². The fourth-order valence-electron chi connectivity index (χ4n) is 4.30. The van der Waals surface area contributed by atoms with Gasteiger partial charge in [-0.3, -0.25) is 9.78 Å². The lowest BCUT2D eigenvalue weighted by molar-refractivity contribution is 0.0574. The van der Waals surface area contributed by atoms with Crippen LogP contribution in [0.5, 0.6) is 5.75 Å². The number of ether oxygens (including phenoxy) is 1. The van der Waals surface area contributed by atoms with Gasteiger partial charge in [0, 0.05) is 19.2 Å². The number of thiazole rings is 1. The molecule has 1 amide bonds. The molecule has 0 aliphatic carbocycles. The van der Waals surface area contributed by atoms with Gasteiger partial charge in [-0.15, -0.1) is 11.3 Å². The van der Waals surface area contributed by atoms with Crippen LogP contribution in [0.15, 0.2) is 59.3 Å². The Balaban J connectivity index is 1.37. The Morgan fingerprint density at radius 1 is 1.21 bits per heavy atom. The number of hydrogen-bond acceptors (Lipinski definition) is 7. The van der Waals surface area contributed by atoms with Gasteiger partial charge in [-0.2, -0.15) is 0 Å². The average molecular weight is 475 g/mol. The van der Waals surface area contributed by atoms with Crippen molar-refractivity contribution >= 4 is 17.2 Å². The molecular weight excluding hydrogens is 448 g/mol. The first kappa shape index (κ1) is 22.3. The maximum absolute atomic E-state index is 13.6. The fraction of sp³-hybridized carbons (Fsp3) is 0.308. The van der Waals surface area contributed by atoms with Crippen molar-refractivity contribution in [3.63, 3.8) is 0 Å². The average Bonchev–Trinajstić information content (AvgIpc) is 3.51. The summed E-state index contributed by atoms with van der Waals surface area (Å²) in [6.07, 6.45) is 6.94. The number of pyridine rings is 1. The second-order valence-electron chi connectivity index (χ2n) is 8.35. The van der Waals surface area contributed by atoms with Gasteiger partial charge in [0.05, 0.1) is 24.7 Å². The number of oxazole rings is 1. The van der Waals surface area contributed by atoms with Crippen LogP contribution in [-0.4, -0.2) is 39.4 Å². The lowest BCUT2D eigenvalue weighted by atomic mass is 10.0. The smallest absolute Gasteiger partial charge is 0.266 e. The van der Waals surface area contributed by atoms with E-state index in [9.17, 15) is 4.79 Å². The Hall–Kier alpha value is -3.52. The van der Waals surface area contributed by atoms with Crippen molar-refractivity contribution in [1.29, 1.82) is 0 Å². The number of amides is 1. The fourth-order valence-corrected chi connectivity index (χ4v) is 5.30. The van der Waals surface area contributed by atoms with Gasteiger partial charge >= 0.3 is 0 Å². The van der Waals surface area contributed by atoms with Crippen molar-refractivity contribution in [1.82, 2.24) is 19.9 Å². The molecule has 1 saturated heterocycles. The number of rotatable bonds is 6. The summed E-state index contributed by atoms with van der Waals surface area (Å²) in [5.74, 6) is 2.16. The number of nitrogens with zero attached hydrogens (tertiary/aromatic N) is 4. The minimum Gasteiger partial charge on any atom is -0.497 e. The molecule has 4 heterocycles. The van der Waals surface area contributed by atoms with Gasteiger partial charge in [-0.1, -0.05) is 18.2 Å². The van der Waals surface area contributed by atoms with E-state index in [1.165, 1.54) is 11.3 Å². The summed E-state index contributed by atoms with van der Waals surface area (Å²) in [5.41, 5.74) is 2.59. The highest BCUT2D eigenvalue weighted by atomic mass is 32.1.